The molecule has 2 saturated heterocycles. The maximum absolute atomic E-state index is 11.7. The number of ether oxygens (including phenoxy) is 1. The number of carbonyl (C=O) groups excluding carboxylic acids is 1. The van der Waals surface area contributed by atoms with E-state index in [-0.39, 0.29) is 0 Å². The zero-order valence-corrected chi connectivity index (χ0v) is 9.21. The fourth-order valence-corrected chi connectivity index (χ4v) is 2.20. The minimum atomic E-state index is 0.305. The number of nitrogens with one attached hydrogen (secondary N) is 1. The number of nitrogens with zero attached hydrogens (tertiary/aromatic N) is 1. The van der Waals surface area contributed by atoms with Crippen LogP contribution in [0, 0.1) is 0 Å². The Morgan fingerprint density at radius 1 is 1.40 bits per heavy atom. The first-order valence-electron chi connectivity index (χ1n) is 5.95. The number of carbonyl (C=O) groups is 1. The lowest BCUT2D eigenvalue weighted by Crippen LogP contribution is -2.35. The van der Waals surface area contributed by atoms with Crippen molar-refractivity contribution in [3.63, 3.8) is 0 Å². The van der Waals surface area contributed by atoms with Crippen molar-refractivity contribution in [2.45, 2.75) is 31.7 Å². The predicted molar refractivity (Wildman–Crippen MR) is 57.7 cm³/mol. The molecule has 4 nitrogen and oxygen atoms in total. The zero-order chi connectivity index (χ0) is 10.5. The normalized spacial score (nSPS) is 26.1. The quantitative estimate of drug-likeness (QED) is 0.732. The minimum Gasteiger partial charge on any atom is -0.380 e. The molecule has 0 aliphatic carbocycles. The monoisotopic (exact) mass is 212 g/mol. The van der Waals surface area contributed by atoms with Crippen molar-refractivity contribution < 1.29 is 9.53 Å². The Hall–Kier alpha value is -0.610. The van der Waals surface area contributed by atoms with Gasteiger partial charge in [-0.25, -0.2) is 0 Å². The van der Waals surface area contributed by atoms with Crippen molar-refractivity contribution in [3.8, 4) is 0 Å². The van der Waals surface area contributed by atoms with Crippen LogP contribution in [0.15, 0.2) is 0 Å². The maximum Gasteiger partial charge on any atom is 0.223 e. The molecular weight excluding hydrogens is 192 g/mol. The van der Waals surface area contributed by atoms with Crippen LogP contribution in [0.3, 0.4) is 0 Å². The summed E-state index contributed by atoms with van der Waals surface area (Å²) in [6.45, 7) is 4.38. The number of amides is 1. The Balaban J connectivity index is 1.58. The Labute approximate surface area is 91.0 Å². The molecule has 2 rings (SSSR count). The largest absolute Gasteiger partial charge is 0.380 e. The fraction of sp³-hybridized carbons (Fsp3) is 0.909. The van der Waals surface area contributed by atoms with Crippen LogP contribution in [0.5, 0.6) is 0 Å². The van der Waals surface area contributed by atoms with Crippen molar-refractivity contribution in [1.82, 2.24) is 10.2 Å². The molecule has 0 aromatic carbocycles. The molecule has 2 fully saturated rings. The first-order chi connectivity index (χ1) is 7.36. The van der Waals surface area contributed by atoms with Crippen LogP contribution in [0.1, 0.15) is 25.7 Å². The number of hydrogen-bond donors (Lipinski definition) is 1. The molecule has 4 heteroatoms. The molecule has 1 amide bonds. The van der Waals surface area contributed by atoms with Gasteiger partial charge in [0.25, 0.3) is 0 Å². The van der Waals surface area contributed by atoms with Gasteiger partial charge in [0.1, 0.15) is 0 Å². The van der Waals surface area contributed by atoms with E-state index in [9.17, 15) is 4.79 Å². The Kier molecular flexibility index (Phi) is 3.97. The van der Waals surface area contributed by atoms with E-state index in [1.165, 1.54) is 12.8 Å². The first kappa shape index (κ1) is 10.9. The zero-order valence-electron chi connectivity index (χ0n) is 9.21. The van der Waals surface area contributed by atoms with Gasteiger partial charge < -0.3 is 15.0 Å². The lowest BCUT2D eigenvalue weighted by molar-refractivity contribution is -0.130. The number of likely N-dealkylation sites (tertiary alicyclic amines) is 1. The molecule has 0 aromatic heterocycles. The number of rotatable bonds is 4. The van der Waals surface area contributed by atoms with Crippen LogP contribution >= 0.6 is 0 Å². The van der Waals surface area contributed by atoms with E-state index in [4.69, 9.17) is 4.74 Å². The molecule has 0 spiro atoms. The van der Waals surface area contributed by atoms with Crippen LogP contribution in [0.2, 0.25) is 0 Å². The summed E-state index contributed by atoms with van der Waals surface area (Å²) in [6, 6.07) is 0.469. The van der Waals surface area contributed by atoms with Gasteiger partial charge in [0, 0.05) is 38.7 Å². The molecule has 1 unspecified atom stereocenters. The highest BCUT2D eigenvalue weighted by Crippen LogP contribution is 2.09. The molecule has 0 radical (unpaired) electrons. The maximum atomic E-state index is 11.7. The lowest BCUT2D eigenvalue weighted by Gasteiger charge is -2.16. The molecule has 0 bridgehead atoms. The third-order valence-corrected chi connectivity index (χ3v) is 3.16. The topological polar surface area (TPSA) is 41.6 Å². The van der Waals surface area contributed by atoms with Gasteiger partial charge in [-0.2, -0.15) is 0 Å². The molecule has 2 aliphatic rings. The molecule has 0 aromatic rings. The molecule has 1 N–H and O–H groups in total. The van der Waals surface area contributed by atoms with Crippen LogP contribution in [0.4, 0.5) is 0 Å². The van der Waals surface area contributed by atoms with E-state index in [1.807, 2.05) is 4.90 Å². The molecule has 0 saturated carbocycles. The molecule has 15 heavy (non-hydrogen) atoms. The van der Waals surface area contributed by atoms with E-state index in [0.29, 0.717) is 18.4 Å². The van der Waals surface area contributed by atoms with Crippen LogP contribution < -0.4 is 5.32 Å². The van der Waals surface area contributed by atoms with Crippen LogP contribution in [0.25, 0.3) is 0 Å². The highest BCUT2D eigenvalue weighted by molar-refractivity contribution is 5.76. The van der Waals surface area contributed by atoms with E-state index < -0.39 is 0 Å². The Morgan fingerprint density at radius 3 is 2.87 bits per heavy atom. The summed E-state index contributed by atoms with van der Waals surface area (Å²) in [7, 11) is 0. The Morgan fingerprint density at radius 2 is 2.20 bits per heavy atom. The molecular formula is C11H20N2O2. The van der Waals surface area contributed by atoms with Crippen molar-refractivity contribution in [2.24, 2.45) is 0 Å². The summed E-state index contributed by atoms with van der Waals surface area (Å²) >= 11 is 0. The van der Waals surface area contributed by atoms with E-state index in [2.05, 4.69) is 5.32 Å². The Bertz CT molecular complexity index is 209. The lowest BCUT2D eigenvalue weighted by atomic mass is 10.2. The van der Waals surface area contributed by atoms with Crippen molar-refractivity contribution in [1.29, 1.82) is 0 Å². The second kappa shape index (κ2) is 5.47. The van der Waals surface area contributed by atoms with Crippen LogP contribution in [-0.4, -0.2) is 49.7 Å². The SMILES string of the molecule is O=C(CCNC1CCOC1)N1CCCC1. The minimum absolute atomic E-state index is 0.305. The summed E-state index contributed by atoms with van der Waals surface area (Å²) < 4.78 is 5.26. The van der Waals surface area contributed by atoms with Crippen molar-refractivity contribution in [3.05, 3.63) is 0 Å². The molecule has 2 heterocycles. The van der Waals surface area contributed by atoms with Gasteiger partial charge in [0.05, 0.1) is 6.61 Å². The van der Waals surface area contributed by atoms with Gasteiger partial charge in [0.2, 0.25) is 5.91 Å². The van der Waals surface area contributed by atoms with E-state index in [1.54, 1.807) is 0 Å². The average molecular weight is 212 g/mol. The van der Waals surface area contributed by atoms with E-state index >= 15 is 0 Å². The first-order valence-corrected chi connectivity index (χ1v) is 5.95. The summed E-state index contributed by atoms with van der Waals surface area (Å²) in [5.41, 5.74) is 0. The average Bonchev–Trinajstić information content (AvgIpc) is 2.90. The second-order valence-electron chi connectivity index (χ2n) is 4.35. The van der Waals surface area contributed by atoms with Gasteiger partial charge in [-0.05, 0) is 19.3 Å². The summed E-state index contributed by atoms with van der Waals surface area (Å²) in [6.07, 6.45) is 4.07. The molecule has 2 aliphatic heterocycles. The molecule has 1 atom stereocenters. The van der Waals surface area contributed by atoms with Gasteiger partial charge >= 0.3 is 0 Å². The summed E-state index contributed by atoms with van der Waals surface area (Å²) in [5.74, 6) is 0.305. The van der Waals surface area contributed by atoms with Gasteiger partial charge in [-0.15, -0.1) is 0 Å². The highest BCUT2D eigenvalue weighted by atomic mass is 16.5. The fourth-order valence-electron chi connectivity index (χ4n) is 2.20. The third kappa shape index (κ3) is 3.18. The summed E-state index contributed by atoms with van der Waals surface area (Å²) in [4.78, 5) is 13.7. The standard InChI is InChI=1S/C11H20N2O2/c14-11(13-6-1-2-7-13)3-5-12-10-4-8-15-9-10/h10,12H,1-9H2. The predicted octanol–water partition coefficient (Wildman–Crippen LogP) is 0.377. The van der Waals surface area contributed by atoms with Crippen molar-refractivity contribution in [2.75, 3.05) is 32.8 Å². The van der Waals surface area contributed by atoms with E-state index in [0.717, 1.165) is 39.3 Å². The van der Waals surface area contributed by atoms with Gasteiger partial charge in [0.15, 0.2) is 0 Å². The van der Waals surface area contributed by atoms with Gasteiger partial charge in [-0.1, -0.05) is 0 Å². The van der Waals surface area contributed by atoms with Crippen LogP contribution in [-0.2, 0) is 9.53 Å². The number of hydrogen-bond acceptors (Lipinski definition) is 3. The third-order valence-electron chi connectivity index (χ3n) is 3.16. The second-order valence-corrected chi connectivity index (χ2v) is 4.35. The smallest absolute Gasteiger partial charge is 0.223 e. The molecule has 86 valence electrons. The van der Waals surface area contributed by atoms with Crippen molar-refractivity contribution >= 4 is 5.91 Å². The summed E-state index contributed by atoms with van der Waals surface area (Å²) in [5, 5.41) is 3.36. The highest BCUT2D eigenvalue weighted by Gasteiger charge is 2.18. The van der Waals surface area contributed by atoms with Gasteiger partial charge in [-0.3, -0.25) is 4.79 Å².